The number of carbonyl (C=O) groups excluding carboxylic acids is 4. The van der Waals surface area contributed by atoms with Gasteiger partial charge in [-0.3, -0.25) is 0 Å². The topological polar surface area (TPSA) is 118 Å². The predicted octanol–water partition coefficient (Wildman–Crippen LogP) is 2.64. The molecule has 0 aliphatic heterocycles. The summed E-state index contributed by atoms with van der Waals surface area (Å²) in [5.74, 6) is 4.87. The minimum Gasteiger partial charge on any atom is -0.211 e. The number of aliphatic imine (C=N–C) groups is 4. The van der Waals surface area contributed by atoms with Gasteiger partial charge in [-0.05, 0) is 85.9 Å². The maximum Gasteiger partial charge on any atom is 0.234 e. The average molecular weight is 412 g/mol. The first-order chi connectivity index (χ1) is 14.7. The molecule has 0 saturated heterocycles. The van der Waals surface area contributed by atoms with Gasteiger partial charge >= 0.3 is 0 Å². The maximum absolute atomic E-state index is 10.1. The van der Waals surface area contributed by atoms with Crippen molar-refractivity contribution in [3.8, 4) is 0 Å². The minimum absolute atomic E-state index is 0.511. The quantitative estimate of drug-likeness (QED) is 0.450. The fraction of sp³-hybridized carbons (Fsp3) is 0.818. The van der Waals surface area contributed by atoms with Crippen LogP contribution in [0.2, 0.25) is 0 Å². The molecule has 0 N–H and O–H groups in total. The summed E-state index contributed by atoms with van der Waals surface area (Å²) in [5.41, 5.74) is 0. The summed E-state index contributed by atoms with van der Waals surface area (Å²) < 4.78 is 0. The lowest BCUT2D eigenvalue weighted by Gasteiger charge is -2.26. The van der Waals surface area contributed by atoms with Gasteiger partial charge in [-0.25, -0.2) is 39.1 Å². The van der Waals surface area contributed by atoms with E-state index in [1.54, 1.807) is 24.3 Å². The molecule has 0 aromatic heterocycles. The highest BCUT2D eigenvalue weighted by atomic mass is 16.1. The van der Waals surface area contributed by atoms with Crippen molar-refractivity contribution < 1.29 is 19.2 Å². The van der Waals surface area contributed by atoms with Crippen molar-refractivity contribution in [1.29, 1.82) is 0 Å². The van der Waals surface area contributed by atoms with Crippen molar-refractivity contribution >= 4 is 24.3 Å². The molecule has 0 aromatic carbocycles. The Bertz CT molecular complexity index is 729. The summed E-state index contributed by atoms with van der Waals surface area (Å²) in [6, 6.07) is 0. The highest BCUT2D eigenvalue weighted by Crippen LogP contribution is 2.52. The molecule has 6 atom stereocenters. The van der Waals surface area contributed by atoms with E-state index < -0.39 is 0 Å². The van der Waals surface area contributed by atoms with Gasteiger partial charge in [-0.1, -0.05) is 0 Å². The Morgan fingerprint density at radius 1 is 0.500 bits per heavy atom. The van der Waals surface area contributed by atoms with Crippen LogP contribution in [0.3, 0.4) is 0 Å². The molecule has 0 aromatic rings. The Hall–Kier alpha value is -2.48. The van der Waals surface area contributed by atoms with Crippen LogP contribution in [0, 0.1) is 47.3 Å². The van der Waals surface area contributed by atoms with Crippen molar-refractivity contribution in [3.05, 3.63) is 0 Å². The Morgan fingerprint density at radius 3 is 1.23 bits per heavy atom. The molecular formula is C22H28N4O4. The molecule has 160 valence electrons. The second-order valence-corrected chi connectivity index (χ2v) is 9.23. The summed E-state index contributed by atoms with van der Waals surface area (Å²) in [5, 5.41) is 0. The first-order valence-corrected chi connectivity index (χ1v) is 10.8. The number of hydrogen-bond donors (Lipinski definition) is 0. The molecule has 30 heavy (non-hydrogen) atoms. The molecule has 4 aliphatic rings. The molecule has 4 saturated carbocycles. The molecule has 0 spiro atoms. The Kier molecular flexibility index (Phi) is 8.19. The van der Waals surface area contributed by atoms with E-state index in [0.717, 1.165) is 18.8 Å². The summed E-state index contributed by atoms with van der Waals surface area (Å²) in [7, 11) is 0. The van der Waals surface area contributed by atoms with E-state index in [-0.39, 0.29) is 0 Å². The summed E-state index contributed by atoms with van der Waals surface area (Å²) in [6.45, 7) is 2.47. The second-order valence-electron chi connectivity index (χ2n) is 9.23. The number of rotatable bonds is 8. The van der Waals surface area contributed by atoms with Crippen LogP contribution in [0.5, 0.6) is 0 Å². The van der Waals surface area contributed by atoms with Crippen LogP contribution in [0.1, 0.15) is 38.5 Å². The van der Waals surface area contributed by atoms with E-state index in [0.29, 0.717) is 67.6 Å². The number of fused-ring (bicyclic) bond motifs is 4. The largest absolute Gasteiger partial charge is 0.234 e. The predicted molar refractivity (Wildman–Crippen MR) is 108 cm³/mol. The van der Waals surface area contributed by atoms with Gasteiger partial charge in [0.05, 0.1) is 26.2 Å². The molecule has 4 bridgehead atoms. The molecule has 0 amide bonds. The zero-order chi connectivity index (χ0) is 21.3. The lowest BCUT2D eigenvalue weighted by Crippen LogP contribution is -2.24. The van der Waals surface area contributed by atoms with Crippen molar-refractivity contribution in [2.45, 2.75) is 38.5 Å². The lowest BCUT2D eigenvalue weighted by molar-refractivity contribution is 0.250. The van der Waals surface area contributed by atoms with Gasteiger partial charge in [-0.2, -0.15) is 0 Å². The van der Waals surface area contributed by atoms with Gasteiger partial charge < -0.3 is 0 Å². The lowest BCUT2D eigenvalue weighted by atomic mass is 9.80. The highest BCUT2D eigenvalue weighted by molar-refractivity contribution is 5.34. The van der Waals surface area contributed by atoms with E-state index in [1.165, 1.54) is 25.7 Å². The van der Waals surface area contributed by atoms with Crippen LogP contribution in [-0.2, 0) is 19.2 Å². The molecule has 4 aliphatic carbocycles. The van der Waals surface area contributed by atoms with Gasteiger partial charge in [0.25, 0.3) is 0 Å². The number of nitrogens with zero attached hydrogens (tertiary/aromatic N) is 4. The Labute approximate surface area is 176 Å². The summed E-state index contributed by atoms with van der Waals surface area (Å²) in [4.78, 5) is 54.9. The summed E-state index contributed by atoms with van der Waals surface area (Å²) in [6.07, 6.45) is 13.5. The van der Waals surface area contributed by atoms with E-state index in [2.05, 4.69) is 20.0 Å². The van der Waals surface area contributed by atoms with E-state index in [4.69, 9.17) is 0 Å². The fourth-order valence-corrected chi connectivity index (χ4v) is 6.65. The zero-order valence-electron chi connectivity index (χ0n) is 17.1. The van der Waals surface area contributed by atoms with Gasteiger partial charge in [0, 0.05) is 0 Å². The van der Waals surface area contributed by atoms with Gasteiger partial charge in [-0.15, -0.1) is 0 Å². The van der Waals surface area contributed by atoms with Crippen LogP contribution in [0.15, 0.2) is 20.0 Å². The number of isocyanates is 4. The van der Waals surface area contributed by atoms with Gasteiger partial charge in [0.15, 0.2) is 0 Å². The Morgan fingerprint density at radius 2 is 0.900 bits per heavy atom. The number of hydrogen-bond acceptors (Lipinski definition) is 8. The molecule has 4 rings (SSSR count). The monoisotopic (exact) mass is 412 g/mol. The molecule has 8 heteroatoms. The van der Waals surface area contributed by atoms with E-state index >= 15 is 0 Å². The smallest absolute Gasteiger partial charge is 0.211 e. The van der Waals surface area contributed by atoms with Gasteiger partial charge in [0.2, 0.25) is 24.3 Å². The third-order valence-corrected chi connectivity index (χ3v) is 7.80. The molecule has 6 unspecified atom stereocenters. The maximum atomic E-state index is 10.1. The first-order valence-electron chi connectivity index (χ1n) is 10.8. The third kappa shape index (κ3) is 5.36. The van der Waals surface area contributed by atoms with Crippen molar-refractivity contribution in [2.75, 3.05) is 26.2 Å². The van der Waals surface area contributed by atoms with Crippen molar-refractivity contribution in [2.24, 2.45) is 67.3 Å². The molecule has 4 fully saturated rings. The van der Waals surface area contributed by atoms with Crippen LogP contribution in [0.4, 0.5) is 0 Å². The fourth-order valence-electron chi connectivity index (χ4n) is 6.65. The Balaban J connectivity index is 0.000000171. The molecule has 8 nitrogen and oxygen atoms in total. The standard InChI is InChI=1S/2C11H14N2O2/c14-6-12-4-10-2-8-1-9(10)3-11(8)5-13-7-15;14-6-12-4-9-1-8-2-10(5-13-7-15)11(9)3-8/h2*8-11H,1-5H2. The first kappa shape index (κ1) is 22.2. The summed E-state index contributed by atoms with van der Waals surface area (Å²) >= 11 is 0. The van der Waals surface area contributed by atoms with Gasteiger partial charge in [0.1, 0.15) is 0 Å². The van der Waals surface area contributed by atoms with E-state index in [9.17, 15) is 19.2 Å². The zero-order valence-corrected chi connectivity index (χ0v) is 17.1. The minimum atomic E-state index is 0.511. The highest BCUT2D eigenvalue weighted by Gasteiger charge is 2.46. The molecular weight excluding hydrogens is 384 g/mol. The van der Waals surface area contributed by atoms with Crippen LogP contribution in [0.25, 0.3) is 0 Å². The van der Waals surface area contributed by atoms with E-state index in [1.807, 2.05) is 0 Å². The third-order valence-electron chi connectivity index (χ3n) is 7.80. The van der Waals surface area contributed by atoms with Crippen LogP contribution < -0.4 is 0 Å². The molecule has 0 radical (unpaired) electrons. The van der Waals surface area contributed by atoms with Crippen LogP contribution >= 0.6 is 0 Å². The van der Waals surface area contributed by atoms with Crippen molar-refractivity contribution in [1.82, 2.24) is 0 Å². The van der Waals surface area contributed by atoms with Crippen molar-refractivity contribution in [3.63, 3.8) is 0 Å². The molecule has 0 heterocycles. The SMILES string of the molecule is O=C=NCC1CC2CC(CN=C=O)C1C2.O=C=NCC1CC2CC1CC2CN=C=O. The average Bonchev–Trinajstić information content (AvgIpc) is 3.53. The van der Waals surface area contributed by atoms with Crippen LogP contribution in [-0.4, -0.2) is 50.5 Å². The second kappa shape index (κ2) is 11.1. The normalized spacial score (nSPS) is 37.1.